The number of rotatable bonds is 3. The van der Waals surface area contributed by atoms with E-state index in [1.165, 1.54) is 44.9 Å². The van der Waals surface area contributed by atoms with Crippen molar-refractivity contribution in [3.8, 4) is 0 Å². The Balaban J connectivity index is 0.00000108. The van der Waals surface area contributed by atoms with Crippen LogP contribution in [0.4, 0.5) is 0 Å². The Bertz CT molecular complexity index is 269. The molecule has 0 aromatic carbocycles. The first-order valence-electron chi connectivity index (χ1n) is 6.85. The average molecular weight is 259 g/mol. The molecule has 98 valence electrons. The van der Waals surface area contributed by atoms with Gasteiger partial charge in [-0.3, -0.25) is 4.79 Å². The number of amides is 1. The third kappa shape index (κ3) is 3.14. The molecule has 3 rings (SSSR count). The van der Waals surface area contributed by atoms with Crippen molar-refractivity contribution in [3.05, 3.63) is 0 Å². The molecule has 1 aliphatic carbocycles. The highest BCUT2D eigenvalue weighted by Crippen LogP contribution is 2.32. The van der Waals surface area contributed by atoms with Crippen molar-refractivity contribution in [2.75, 3.05) is 0 Å². The molecule has 0 aromatic heterocycles. The summed E-state index contributed by atoms with van der Waals surface area (Å²) in [5.74, 6) is 0.940. The van der Waals surface area contributed by atoms with E-state index < -0.39 is 0 Å². The van der Waals surface area contributed by atoms with Crippen LogP contribution in [-0.2, 0) is 4.79 Å². The first-order chi connectivity index (χ1) is 7.79. The molecular formula is C13H23ClN2O. The number of halogens is 1. The number of fused-ring (bicyclic) bond motifs is 2. The fraction of sp³-hybridized carbons (Fsp3) is 0.923. The predicted octanol–water partition coefficient (Wildman–Crippen LogP) is 2.00. The number of hydrogen-bond donors (Lipinski definition) is 2. The van der Waals surface area contributed by atoms with Gasteiger partial charge in [0, 0.05) is 24.5 Å². The largest absolute Gasteiger partial charge is 0.353 e. The van der Waals surface area contributed by atoms with E-state index in [1.54, 1.807) is 0 Å². The summed E-state index contributed by atoms with van der Waals surface area (Å²) in [5.41, 5.74) is 0. The van der Waals surface area contributed by atoms with Crippen LogP contribution in [0.25, 0.3) is 0 Å². The van der Waals surface area contributed by atoms with Gasteiger partial charge in [-0.1, -0.05) is 0 Å². The number of carbonyl (C=O) groups is 1. The van der Waals surface area contributed by atoms with Gasteiger partial charge in [0.05, 0.1) is 0 Å². The van der Waals surface area contributed by atoms with Gasteiger partial charge in [-0.15, -0.1) is 12.4 Å². The van der Waals surface area contributed by atoms with E-state index in [4.69, 9.17) is 0 Å². The van der Waals surface area contributed by atoms with Crippen LogP contribution in [0.3, 0.4) is 0 Å². The van der Waals surface area contributed by atoms with Gasteiger partial charge in [-0.05, 0) is 50.9 Å². The number of carbonyl (C=O) groups excluding carboxylic acids is 1. The number of nitrogens with one attached hydrogen (secondary N) is 2. The fourth-order valence-electron chi connectivity index (χ4n) is 3.44. The second-order valence-corrected chi connectivity index (χ2v) is 5.87. The molecule has 3 fully saturated rings. The average Bonchev–Trinajstić information content (AvgIpc) is 2.52. The standard InChI is InChI=1S/C13H22N2O.ClH/c16-13(15-10-2-1-3-10)8-9-6-11-4-5-12(7-9)14-11;/h9-12,14H,1-8H2,(H,15,16);1H. The lowest BCUT2D eigenvalue weighted by molar-refractivity contribution is -0.123. The van der Waals surface area contributed by atoms with Crippen LogP contribution in [0, 0.1) is 5.92 Å². The van der Waals surface area contributed by atoms with Crippen LogP contribution in [0.1, 0.15) is 51.4 Å². The van der Waals surface area contributed by atoms with E-state index in [9.17, 15) is 4.79 Å². The second-order valence-electron chi connectivity index (χ2n) is 5.87. The van der Waals surface area contributed by atoms with E-state index in [0.29, 0.717) is 30.0 Å². The van der Waals surface area contributed by atoms with Crippen molar-refractivity contribution in [3.63, 3.8) is 0 Å². The van der Waals surface area contributed by atoms with E-state index in [2.05, 4.69) is 10.6 Å². The van der Waals surface area contributed by atoms with Gasteiger partial charge in [-0.25, -0.2) is 0 Å². The molecule has 2 heterocycles. The Morgan fingerprint density at radius 3 is 2.29 bits per heavy atom. The molecule has 0 spiro atoms. The van der Waals surface area contributed by atoms with Gasteiger partial charge in [0.1, 0.15) is 0 Å². The number of hydrogen-bond acceptors (Lipinski definition) is 2. The molecule has 2 unspecified atom stereocenters. The zero-order valence-electron chi connectivity index (χ0n) is 10.3. The maximum atomic E-state index is 11.8. The lowest BCUT2D eigenvalue weighted by atomic mass is 9.88. The van der Waals surface area contributed by atoms with E-state index in [-0.39, 0.29) is 12.4 Å². The van der Waals surface area contributed by atoms with Gasteiger partial charge in [-0.2, -0.15) is 0 Å². The molecule has 2 saturated heterocycles. The van der Waals surface area contributed by atoms with Gasteiger partial charge in [0.2, 0.25) is 5.91 Å². The highest BCUT2D eigenvalue weighted by molar-refractivity contribution is 5.85. The molecule has 2 N–H and O–H groups in total. The lowest BCUT2D eigenvalue weighted by Crippen LogP contribution is -2.43. The molecule has 2 atom stereocenters. The molecule has 1 saturated carbocycles. The van der Waals surface area contributed by atoms with Crippen LogP contribution in [0.2, 0.25) is 0 Å². The lowest BCUT2D eigenvalue weighted by Gasteiger charge is -2.30. The Hall–Kier alpha value is -0.280. The second kappa shape index (κ2) is 5.57. The van der Waals surface area contributed by atoms with Crippen molar-refractivity contribution in [2.45, 2.75) is 69.5 Å². The van der Waals surface area contributed by atoms with Gasteiger partial charge < -0.3 is 10.6 Å². The van der Waals surface area contributed by atoms with Crippen LogP contribution < -0.4 is 10.6 Å². The molecule has 2 bridgehead atoms. The Labute approximate surface area is 110 Å². The zero-order chi connectivity index (χ0) is 11.0. The molecule has 3 nitrogen and oxygen atoms in total. The summed E-state index contributed by atoms with van der Waals surface area (Å²) in [5, 5.41) is 6.78. The summed E-state index contributed by atoms with van der Waals surface area (Å²) in [6, 6.07) is 1.92. The zero-order valence-corrected chi connectivity index (χ0v) is 11.1. The highest BCUT2D eigenvalue weighted by Gasteiger charge is 2.34. The molecule has 17 heavy (non-hydrogen) atoms. The maximum Gasteiger partial charge on any atom is 0.220 e. The third-order valence-electron chi connectivity index (χ3n) is 4.52. The van der Waals surface area contributed by atoms with E-state index >= 15 is 0 Å². The maximum absolute atomic E-state index is 11.8. The molecule has 0 aromatic rings. The predicted molar refractivity (Wildman–Crippen MR) is 70.3 cm³/mol. The summed E-state index contributed by atoms with van der Waals surface area (Å²) in [6.45, 7) is 0. The van der Waals surface area contributed by atoms with Crippen molar-refractivity contribution in [1.82, 2.24) is 10.6 Å². The Kier molecular flexibility index (Phi) is 4.31. The van der Waals surface area contributed by atoms with Crippen LogP contribution in [0.5, 0.6) is 0 Å². The van der Waals surface area contributed by atoms with Crippen LogP contribution in [-0.4, -0.2) is 24.0 Å². The topological polar surface area (TPSA) is 41.1 Å². The Morgan fingerprint density at radius 2 is 1.76 bits per heavy atom. The van der Waals surface area contributed by atoms with Crippen LogP contribution >= 0.6 is 12.4 Å². The van der Waals surface area contributed by atoms with Gasteiger partial charge in [0.15, 0.2) is 0 Å². The van der Waals surface area contributed by atoms with Crippen LogP contribution in [0.15, 0.2) is 0 Å². The molecule has 2 aliphatic heterocycles. The molecule has 1 amide bonds. The van der Waals surface area contributed by atoms with Crippen molar-refractivity contribution < 1.29 is 4.79 Å². The summed E-state index contributed by atoms with van der Waals surface area (Å²) >= 11 is 0. The van der Waals surface area contributed by atoms with Crippen molar-refractivity contribution in [2.24, 2.45) is 5.92 Å². The molecule has 3 aliphatic rings. The van der Waals surface area contributed by atoms with Gasteiger partial charge >= 0.3 is 0 Å². The molecule has 4 heteroatoms. The van der Waals surface area contributed by atoms with Crippen molar-refractivity contribution >= 4 is 18.3 Å². The third-order valence-corrected chi connectivity index (χ3v) is 4.52. The Morgan fingerprint density at radius 1 is 1.12 bits per heavy atom. The fourth-order valence-corrected chi connectivity index (χ4v) is 3.44. The number of piperidine rings is 1. The van der Waals surface area contributed by atoms with E-state index in [0.717, 1.165) is 6.42 Å². The first kappa shape index (κ1) is 13.2. The smallest absolute Gasteiger partial charge is 0.220 e. The first-order valence-corrected chi connectivity index (χ1v) is 6.85. The summed E-state index contributed by atoms with van der Waals surface area (Å²) < 4.78 is 0. The monoisotopic (exact) mass is 258 g/mol. The highest BCUT2D eigenvalue weighted by atomic mass is 35.5. The van der Waals surface area contributed by atoms with Crippen molar-refractivity contribution in [1.29, 1.82) is 0 Å². The minimum Gasteiger partial charge on any atom is -0.353 e. The summed E-state index contributed by atoms with van der Waals surface area (Å²) in [4.78, 5) is 11.8. The summed E-state index contributed by atoms with van der Waals surface area (Å²) in [6.07, 6.45) is 9.54. The quantitative estimate of drug-likeness (QED) is 0.813. The van der Waals surface area contributed by atoms with Gasteiger partial charge in [0.25, 0.3) is 0 Å². The molecular weight excluding hydrogens is 236 g/mol. The van der Waals surface area contributed by atoms with E-state index in [1.807, 2.05) is 0 Å². The molecule has 0 radical (unpaired) electrons. The normalized spacial score (nSPS) is 35.9. The SMILES string of the molecule is Cl.O=C(CC1CC2CCC(C1)N2)NC1CCC1. The minimum absolute atomic E-state index is 0. The minimum atomic E-state index is 0. The summed E-state index contributed by atoms with van der Waals surface area (Å²) in [7, 11) is 0.